The lowest BCUT2D eigenvalue weighted by Crippen LogP contribution is -2.47. The summed E-state index contributed by atoms with van der Waals surface area (Å²) in [4.78, 5) is 48.1. The molecule has 4 saturated heterocycles. The van der Waals surface area contributed by atoms with Gasteiger partial charge in [0.2, 0.25) is 0 Å². The fourth-order valence-electron chi connectivity index (χ4n) is 4.72. The molecule has 6 nitrogen and oxygen atoms in total. The summed E-state index contributed by atoms with van der Waals surface area (Å²) in [6.07, 6.45) is 2.23. The van der Waals surface area contributed by atoms with Crippen molar-refractivity contribution in [2.24, 2.45) is 35.5 Å². The predicted octanol–water partition coefficient (Wildman–Crippen LogP) is 0.438. The third-order valence-electron chi connectivity index (χ3n) is 5.49. The third-order valence-corrected chi connectivity index (χ3v) is 5.49. The smallest absolute Gasteiger partial charge is 0.316 e. The molecule has 0 spiro atoms. The zero-order valence-electron chi connectivity index (χ0n) is 10.7. The molecule has 4 heterocycles. The summed E-state index contributed by atoms with van der Waals surface area (Å²) in [5.41, 5.74) is 0. The highest BCUT2D eigenvalue weighted by Gasteiger charge is 2.62. The number of hydrogen-bond acceptors (Lipinski definition) is 6. The minimum absolute atomic E-state index is 0.273. The normalized spacial score (nSPS) is 46.4. The average Bonchev–Trinajstić information content (AvgIpc) is 2.74. The van der Waals surface area contributed by atoms with Crippen LogP contribution in [0.2, 0.25) is 0 Å². The summed E-state index contributed by atoms with van der Waals surface area (Å²) < 4.78 is 9.77. The molecule has 4 atom stereocenters. The second-order valence-electron chi connectivity index (χ2n) is 6.22. The van der Waals surface area contributed by atoms with E-state index in [1.807, 2.05) is 0 Å². The zero-order valence-corrected chi connectivity index (χ0v) is 10.7. The highest BCUT2D eigenvalue weighted by atomic mass is 16.6. The first-order chi connectivity index (χ1) is 9.58. The first-order valence-corrected chi connectivity index (χ1v) is 7.09. The van der Waals surface area contributed by atoms with Crippen LogP contribution < -0.4 is 0 Å². The van der Waals surface area contributed by atoms with Crippen LogP contribution in [0.5, 0.6) is 0 Å². The molecular weight excluding hydrogens is 264 g/mol. The van der Waals surface area contributed by atoms with Gasteiger partial charge in [-0.1, -0.05) is 0 Å². The van der Waals surface area contributed by atoms with Crippen LogP contribution in [0, 0.1) is 35.5 Å². The Bertz CT molecular complexity index is 446. The maximum atomic E-state index is 12.0. The minimum atomic E-state index is -0.530. The van der Waals surface area contributed by atoms with Crippen molar-refractivity contribution in [3.8, 4) is 0 Å². The molecule has 4 aliphatic heterocycles. The maximum Gasteiger partial charge on any atom is 0.316 e. The molecule has 0 aromatic heterocycles. The van der Waals surface area contributed by atoms with Gasteiger partial charge in [-0.25, -0.2) is 0 Å². The number of fused-ring (bicyclic) bond motifs is 6. The van der Waals surface area contributed by atoms with Gasteiger partial charge in [-0.15, -0.1) is 0 Å². The molecule has 6 fully saturated rings. The number of carbonyl (C=O) groups excluding carboxylic acids is 4. The van der Waals surface area contributed by atoms with Crippen LogP contribution in [0.3, 0.4) is 0 Å². The van der Waals surface area contributed by atoms with Crippen LogP contribution in [0.15, 0.2) is 0 Å². The number of carbonyl (C=O) groups is 4. The Hall–Kier alpha value is -1.72. The second-order valence-corrected chi connectivity index (χ2v) is 6.22. The summed E-state index contributed by atoms with van der Waals surface area (Å²) in [6.45, 7) is 0. The molecule has 0 aromatic carbocycles. The van der Waals surface area contributed by atoms with E-state index in [2.05, 4.69) is 0 Å². The van der Waals surface area contributed by atoms with Crippen LogP contribution in [-0.2, 0) is 28.7 Å². The molecule has 4 bridgehead atoms. The zero-order chi connectivity index (χ0) is 14.0. The molecule has 20 heavy (non-hydrogen) atoms. The van der Waals surface area contributed by atoms with Gasteiger partial charge in [-0.3, -0.25) is 19.2 Å². The van der Waals surface area contributed by atoms with E-state index in [1.165, 1.54) is 0 Å². The van der Waals surface area contributed by atoms with Crippen molar-refractivity contribution in [3.05, 3.63) is 0 Å². The summed E-state index contributed by atoms with van der Waals surface area (Å²) in [5, 5.41) is 0. The van der Waals surface area contributed by atoms with Crippen LogP contribution in [0.1, 0.15) is 25.7 Å². The Kier molecular flexibility index (Phi) is 2.35. The fraction of sp³-hybridized carbons (Fsp3) is 0.714. The summed E-state index contributed by atoms with van der Waals surface area (Å²) in [7, 11) is 0. The quantitative estimate of drug-likeness (QED) is 0.472. The summed E-state index contributed by atoms with van der Waals surface area (Å²) in [5.74, 6) is -4.47. The Labute approximate surface area is 114 Å². The lowest BCUT2D eigenvalue weighted by molar-refractivity contribution is -0.163. The summed E-state index contributed by atoms with van der Waals surface area (Å²) >= 11 is 0. The minimum Gasteiger partial charge on any atom is -0.393 e. The standard InChI is InChI=1S/C14H14O6/c15-11-5-1-2-6(12(16)19-11)10-8-4-3-7(9(5)10)13(17)20-14(8)18/h5-10H,1-4H2. The van der Waals surface area contributed by atoms with E-state index in [4.69, 9.17) is 9.47 Å². The molecule has 2 saturated carbocycles. The lowest BCUT2D eigenvalue weighted by Gasteiger charge is -2.44. The van der Waals surface area contributed by atoms with Crippen LogP contribution in [-0.4, -0.2) is 23.9 Å². The van der Waals surface area contributed by atoms with Gasteiger partial charge in [0, 0.05) is 0 Å². The Morgan fingerprint density at radius 3 is 1.05 bits per heavy atom. The van der Waals surface area contributed by atoms with E-state index in [0.29, 0.717) is 25.7 Å². The molecule has 6 heteroatoms. The Morgan fingerprint density at radius 2 is 0.800 bits per heavy atom. The van der Waals surface area contributed by atoms with Crippen LogP contribution in [0.25, 0.3) is 0 Å². The lowest BCUT2D eigenvalue weighted by atomic mass is 9.55. The molecular formula is C14H14O6. The van der Waals surface area contributed by atoms with Gasteiger partial charge in [-0.05, 0) is 37.5 Å². The first-order valence-electron chi connectivity index (χ1n) is 7.09. The largest absolute Gasteiger partial charge is 0.393 e. The van der Waals surface area contributed by atoms with Crippen molar-refractivity contribution in [2.45, 2.75) is 25.7 Å². The third kappa shape index (κ3) is 1.39. The van der Waals surface area contributed by atoms with Crippen molar-refractivity contribution >= 4 is 23.9 Å². The van der Waals surface area contributed by atoms with E-state index in [1.54, 1.807) is 0 Å². The Balaban J connectivity index is 1.87. The molecule has 0 radical (unpaired) electrons. The number of hydrogen-bond donors (Lipinski definition) is 0. The highest BCUT2D eigenvalue weighted by Crippen LogP contribution is 2.56. The van der Waals surface area contributed by atoms with Crippen molar-refractivity contribution < 1.29 is 28.7 Å². The Morgan fingerprint density at radius 1 is 0.550 bits per heavy atom. The number of rotatable bonds is 0. The van der Waals surface area contributed by atoms with E-state index in [9.17, 15) is 19.2 Å². The average molecular weight is 278 g/mol. The van der Waals surface area contributed by atoms with Crippen molar-refractivity contribution in [1.29, 1.82) is 0 Å². The first kappa shape index (κ1) is 12.1. The van der Waals surface area contributed by atoms with E-state index < -0.39 is 47.5 Å². The van der Waals surface area contributed by atoms with Gasteiger partial charge in [0.15, 0.2) is 0 Å². The van der Waals surface area contributed by atoms with Crippen LogP contribution in [0.4, 0.5) is 0 Å². The molecule has 106 valence electrons. The fourth-order valence-corrected chi connectivity index (χ4v) is 4.72. The van der Waals surface area contributed by atoms with E-state index >= 15 is 0 Å². The predicted molar refractivity (Wildman–Crippen MR) is 61.6 cm³/mol. The number of esters is 4. The van der Waals surface area contributed by atoms with Gasteiger partial charge in [0.25, 0.3) is 0 Å². The highest BCUT2D eigenvalue weighted by molar-refractivity contribution is 5.95. The maximum absolute atomic E-state index is 12.0. The van der Waals surface area contributed by atoms with Gasteiger partial charge in [0.1, 0.15) is 0 Å². The van der Waals surface area contributed by atoms with Crippen molar-refractivity contribution in [2.75, 3.05) is 0 Å². The van der Waals surface area contributed by atoms with Gasteiger partial charge in [-0.2, -0.15) is 0 Å². The molecule has 6 aliphatic rings. The summed E-state index contributed by atoms with van der Waals surface area (Å²) in [6, 6.07) is 0. The molecule has 0 aromatic rings. The molecule has 2 aliphatic carbocycles. The molecule has 4 unspecified atom stereocenters. The second kappa shape index (κ2) is 3.90. The van der Waals surface area contributed by atoms with Crippen LogP contribution >= 0.6 is 0 Å². The van der Waals surface area contributed by atoms with Gasteiger partial charge < -0.3 is 9.47 Å². The number of ether oxygens (including phenoxy) is 2. The monoisotopic (exact) mass is 278 g/mol. The van der Waals surface area contributed by atoms with Gasteiger partial charge in [0.05, 0.1) is 23.7 Å². The molecule has 0 N–H and O–H groups in total. The van der Waals surface area contributed by atoms with E-state index in [0.717, 1.165) is 0 Å². The molecule has 6 rings (SSSR count). The SMILES string of the molecule is O=C1OC(=O)C2CCC1C1C3CCC(C(=O)OC3=O)C21. The van der Waals surface area contributed by atoms with Crippen molar-refractivity contribution in [1.82, 2.24) is 0 Å². The van der Waals surface area contributed by atoms with Gasteiger partial charge >= 0.3 is 23.9 Å². The van der Waals surface area contributed by atoms with Crippen molar-refractivity contribution in [3.63, 3.8) is 0 Å². The molecule has 0 amide bonds. The topological polar surface area (TPSA) is 86.7 Å². The van der Waals surface area contributed by atoms with E-state index in [-0.39, 0.29) is 11.8 Å².